The Morgan fingerprint density at radius 3 is 2.11 bits per heavy atom. The summed E-state index contributed by atoms with van der Waals surface area (Å²) < 4.78 is 14.0. The van der Waals surface area contributed by atoms with Gasteiger partial charge in [0, 0.05) is 20.3 Å². The van der Waals surface area contributed by atoms with E-state index in [1.807, 2.05) is 91.8 Å². The summed E-state index contributed by atoms with van der Waals surface area (Å²) in [6.07, 6.45) is 2.49. The second-order valence-corrected chi connectivity index (χ2v) is 9.86. The van der Waals surface area contributed by atoms with Gasteiger partial charge >= 0.3 is 0 Å². The number of carbonyl (C=O) groups excluding carboxylic acids is 1. The quantitative estimate of drug-likeness (QED) is 0.341. The van der Waals surface area contributed by atoms with Crippen LogP contribution >= 0.6 is 0 Å². The number of anilines is 2. The van der Waals surface area contributed by atoms with Crippen molar-refractivity contribution in [3.63, 3.8) is 0 Å². The minimum Gasteiger partial charge on any atom is -0.376 e. The van der Waals surface area contributed by atoms with Crippen LogP contribution in [0.15, 0.2) is 102 Å². The first kappa shape index (κ1) is 24.4. The standard InChI is InChI=1S/C29H29N3O2S/c1-4-21-17-18-25(26(20-21)32(2)3)31-28(33)24-16-11-19-30-29(24)35(34)27(22-12-7-5-8-13-22)23-14-9-6-10-15-23/h5-20,27H,4H2,1-3H3,(H,31,33). The van der Waals surface area contributed by atoms with Gasteiger partial charge in [0.15, 0.2) is 0 Å². The van der Waals surface area contributed by atoms with Crippen LogP contribution in [0.3, 0.4) is 0 Å². The molecule has 0 bridgehead atoms. The molecule has 4 rings (SSSR count). The van der Waals surface area contributed by atoms with Gasteiger partial charge in [-0.05, 0) is 47.4 Å². The van der Waals surface area contributed by atoms with Crippen molar-refractivity contribution in [2.24, 2.45) is 0 Å². The fraction of sp³-hybridized carbons (Fsp3) is 0.172. The van der Waals surface area contributed by atoms with Gasteiger partial charge in [-0.2, -0.15) is 0 Å². The van der Waals surface area contributed by atoms with Gasteiger partial charge < -0.3 is 10.2 Å². The van der Waals surface area contributed by atoms with Crippen molar-refractivity contribution >= 4 is 28.1 Å². The number of carbonyl (C=O) groups is 1. The average molecular weight is 484 g/mol. The van der Waals surface area contributed by atoms with Crippen molar-refractivity contribution in [2.75, 3.05) is 24.3 Å². The molecule has 0 spiro atoms. The predicted molar refractivity (Wildman–Crippen MR) is 143 cm³/mol. The Balaban J connectivity index is 1.72. The van der Waals surface area contributed by atoms with Crippen LogP contribution in [0.25, 0.3) is 0 Å². The number of benzene rings is 3. The van der Waals surface area contributed by atoms with Crippen LogP contribution in [-0.4, -0.2) is 29.2 Å². The summed E-state index contributed by atoms with van der Waals surface area (Å²) >= 11 is 0. The van der Waals surface area contributed by atoms with Gasteiger partial charge in [0.2, 0.25) is 0 Å². The minimum absolute atomic E-state index is 0.263. The summed E-state index contributed by atoms with van der Waals surface area (Å²) in [5, 5.41) is 2.82. The predicted octanol–water partition coefficient (Wildman–Crippen LogP) is 5.86. The van der Waals surface area contributed by atoms with Crippen molar-refractivity contribution in [3.05, 3.63) is 119 Å². The zero-order valence-electron chi connectivity index (χ0n) is 20.1. The first-order chi connectivity index (χ1) is 17.0. The Hall–Kier alpha value is -3.77. The zero-order valence-corrected chi connectivity index (χ0v) is 21.0. The van der Waals surface area contributed by atoms with Gasteiger partial charge in [-0.25, -0.2) is 4.98 Å². The summed E-state index contributed by atoms with van der Waals surface area (Å²) in [5.41, 5.74) is 4.89. The van der Waals surface area contributed by atoms with Crippen LogP contribution in [0.2, 0.25) is 0 Å². The van der Waals surface area contributed by atoms with E-state index in [0.29, 0.717) is 11.3 Å². The van der Waals surface area contributed by atoms with Gasteiger partial charge in [-0.3, -0.25) is 9.00 Å². The number of aryl methyl sites for hydroxylation is 1. The van der Waals surface area contributed by atoms with Crippen molar-refractivity contribution in [1.29, 1.82) is 0 Å². The van der Waals surface area contributed by atoms with Crippen LogP contribution in [0, 0.1) is 0 Å². The lowest BCUT2D eigenvalue weighted by molar-refractivity contribution is 0.102. The molecule has 1 unspecified atom stereocenters. The minimum atomic E-state index is -1.61. The normalized spacial score (nSPS) is 11.8. The highest BCUT2D eigenvalue weighted by atomic mass is 32.2. The van der Waals surface area contributed by atoms with Gasteiger partial charge in [0.25, 0.3) is 5.91 Å². The maximum Gasteiger partial charge on any atom is 0.258 e. The van der Waals surface area contributed by atoms with Crippen LogP contribution in [0.5, 0.6) is 0 Å². The highest BCUT2D eigenvalue weighted by molar-refractivity contribution is 7.85. The number of hydrogen-bond acceptors (Lipinski definition) is 4. The maximum absolute atomic E-state index is 14.0. The third-order valence-corrected chi connectivity index (χ3v) is 7.50. The molecule has 0 aliphatic heterocycles. The summed E-state index contributed by atoms with van der Waals surface area (Å²) in [7, 11) is 2.27. The Morgan fingerprint density at radius 1 is 0.914 bits per heavy atom. The molecule has 0 fully saturated rings. The fourth-order valence-electron chi connectivity index (χ4n) is 3.99. The van der Waals surface area contributed by atoms with Gasteiger partial charge in [0.05, 0.1) is 33.0 Å². The smallest absolute Gasteiger partial charge is 0.258 e. The number of amides is 1. The molecule has 0 saturated heterocycles. The molecule has 5 nitrogen and oxygen atoms in total. The Kier molecular flexibility index (Phi) is 7.73. The Morgan fingerprint density at radius 2 is 1.54 bits per heavy atom. The third kappa shape index (κ3) is 5.49. The molecule has 0 aliphatic carbocycles. The molecule has 1 atom stereocenters. The lowest BCUT2D eigenvalue weighted by atomic mass is 10.0. The number of rotatable bonds is 8. The van der Waals surface area contributed by atoms with Crippen molar-refractivity contribution < 1.29 is 9.00 Å². The van der Waals surface area contributed by atoms with Crippen LogP contribution in [0.1, 0.15) is 39.2 Å². The largest absolute Gasteiger partial charge is 0.376 e. The van der Waals surface area contributed by atoms with E-state index in [4.69, 9.17) is 0 Å². The molecule has 1 heterocycles. The summed E-state index contributed by atoms with van der Waals surface area (Å²) in [6.45, 7) is 2.10. The highest BCUT2D eigenvalue weighted by Crippen LogP contribution is 2.33. The average Bonchev–Trinajstić information content (AvgIpc) is 2.90. The van der Waals surface area contributed by atoms with Crippen LogP contribution in [0.4, 0.5) is 11.4 Å². The van der Waals surface area contributed by atoms with Crippen molar-refractivity contribution in [2.45, 2.75) is 23.6 Å². The van der Waals surface area contributed by atoms with E-state index in [-0.39, 0.29) is 10.9 Å². The fourth-order valence-corrected chi connectivity index (χ4v) is 5.57. The van der Waals surface area contributed by atoms with Gasteiger partial charge in [-0.1, -0.05) is 73.7 Å². The molecule has 6 heteroatoms. The van der Waals surface area contributed by atoms with Crippen molar-refractivity contribution in [1.82, 2.24) is 4.98 Å². The van der Waals surface area contributed by atoms with E-state index in [9.17, 15) is 9.00 Å². The monoisotopic (exact) mass is 483 g/mol. The topological polar surface area (TPSA) is 62.3 Å². The zero-order chi connectivity index (χ0) is 24.8. The lowest BCUT2D eigenvalue weighted by Gasteiger charge is -2.21. The van der Waals surface area contributed by atoms with E-state index >= 15 is 0 Å². The van der Waals surface area contributed by atoms with E-state index in [1.165, 1.54) is 5.56 Å². The molecule has 1 aromatic heterocycles. The van der Waals surface area contributed by atoms with Crippen molar-refractivity contribution in [3.8, 4) is 0 Å². The molecule has 1 amide bonds. The number of pyridine rings is 1. The summed E-state index contributed by atoms with van der Waals surface area (Å²) in [5.74, 6) is -0.339. The third-order valence-electron chi connectivity index (χ3n) is 5.83. The SMILES string of the molecule is CCc1ccc(NC(=O)c2cccnc2S(=O)C(c2ccccc2)c2ccccc2)c(N(C)C)c1. The van der Waals surface area contributed by atoms with Crippen LogP contribution in [-0.2, 0) is 17.2 Å². The highest BCUT2D eigenvalue weighted by Gasteiger charge is 2.27. The van der Waals surface area contributed by atoms with E-state index in [1.54, 1.807) is 18.3 Å². The molecule has 178 valence electrons. The summed E-state index contributed by atoms with van der Waals surface area (Å²) in [6, 6.07) is 28.8. The molecular formula is C29H29N3O2S. The molecule has 35 heavy (non-hydrogen) atoms. The second kappa shape index (κ2) is 11.1. The first-order valence-electron chi connectivity index (χ1n) is 11.6. The first-order valence-corrected chi connectivity index (χ1v) is 12.8. The van der Waals surface area contributed by atoms with Gasteiger partial charge in [-0.15, -0.1) is 0 Å². The Labute approximate surface area is 209 Å². The number of nitrogens with zero attached hydrogens (tertiary/aromatic N) is 2. The molecule has 4 aromatic rings. The molecule has 0 radical (unpaired) electrons. The maximum atomic E-state index is 14.0. The molecular weight excluding hydrogens is 454 g/mol. The number of hydrogen-bond donors (Lipinski definition) is 1. The summed E-state index contributed by atoms with van der Waals surface area (Å²) in [4.78, 5) is 19.9. The van der Waals surface area contributed by atoms with E-state index in [0.717, 1.165) is 23.2 Å². The molecule has 0 saturated carbocycles. The molecule has 1 N–H and O–H groups in total. The molecule has 3 aromatic carbocycles. The van der Waals surface area contributed by atoms with E-state index < -0.39 is 16.0 Å². The second-order valence-electron chi connectivity index (χ2n) is 8.41. The number of nitrogens with one attached hydrogen (secondary N) is 1. The molecule has 0 aliphatic rings. The van der Waals surface area contributed by atoms with Gasteiger partial charge in [0.1, 0.15) is 5.03 Å². The van der Waals surface area contributed by atoms with E-state index in [2.05, 4.69) is 23.3 Å². The lowest BCUT2D eigenvalue weighted by Crippen LogP contribution is -2.20. The number of aromatic nitrogens is 1. The Bertz CT molecular complexity index is 1280. The van der Waals surface area contributed by atoms with Crippen LogP contribution < -0.4 is 10.2 Å².